The molecule has 0 bridgehead atoms. The van der Waals surface area contributed by atoms with Crippen molar-refractivity contribution in [2.24, 2.45) is 0 Å². The van der Waals surface area contributed by atoms with E-state index in [1.165, 1.54) is 5.57 Å². The van der Waals surface area contributed by atoms with Crippen LogP contribution in [0.1, 0.15) is 19.8 Å². The molecule has 74 valence electrons. The predicted molar refractivity (Wildman–Crippen MR) is 64.1 cm³/mol. The summed E-state index contributed by atoms with van der Waals surface area (Å²) in [6, 6.07) is 0. The number of hydrogen-bond acceptors (Lipinski definition) is 1. The van der Waals surface area contributed by atoms with Gasteiger partial charge in [-0.1, -0.05) is 40.2 Å². The van der Waals surface area contributed by atoms with E-state index in [0.29, 0.717) is 0 Å². The standard InChI is InChI=1S/C11H18BrN/c1-4-6-11(12)9-10(2)7-5-8-13-3/h4,6,9,13H,2,5,7-8H2,1,3H3/b6-4-,11-9+. The molecule has 0 aromatic carbocycles. The third kappa shape index (κ3) is 8.00. The molecule has 0 spiro atoms. The number of allylic oxidation sites excluding steroid dienone is 5. The predicted octanol–water partition coefficient (Wildman–Crippen LogP) is 3.40. The summed E-state index contributed by atoms with van der Waals surface area (Å²) in [7, 11) is 1.97. The van der Waals surface area contributed by atoms with Gasteiger partial charge in [0.1, 0.15) is 0 Å². The Labute approximate surface area is 89.7 Å². The van der Waals surface area contributed by atoms with Gasteiger partial charge in [0.25, 0.3) is 0 Å². The Morgan fingerprint density at radius 2 is 2.23 bits per heavy atom. The fourth-order valence-corrected chi connectivity index (χ4v) is 1.55. The number of rotatable bonds is 6. The van der Waals surface area contributed by atoms with Crippen LogP contribution in [0, 0.1) is 0 Å². The van der Waals surface area contributed by atoms with Crippen LogP contribution in [0.5, 0.6) is 0 Å². The minimum atomic E-state index is 1.05. The quantitative estimate of drug-likeness (QED) is 0.557. The molecule has 0 aromatic rings. The van der Waals surface area contributed by atoms with Crippen LogP contribution >= 0.6 is 15.9 Å². The Bertz CT molecular complexity index is 204. The van der Waals surface area contributed by atoms with Crippen molar-refractivity contribution in [1.82, 2.24) is 5.32 Å². The van der Waals surface area contributed by atoms with Crippen molar-refractivity contribution < 1.29 is 0 Å². The molecule has 2 heteroatoms. The summed E-state index contributed by atoms with van der Waals surface area (Å²) in [4.78, 5) is 0. The fourth-order valence-electron chi connectivity index (χ4n) is 0.967. The highest BCUT2D eigenvalue weighted by Crippen LogP contribution is 2.13. The Hall–Kier alpha value is -0.340. The Morgan fingerprint density at radius 1 is 1.54 bits per heavy atom. The van der Waals surface area contributed by atoms with Gasteiger partial charge in [-0.05, 0) is 39.4 Å². The zero-order valence-corrected chi connectivity index (χ0v) is 10.0. The average molecular weight is 244 g/mol. The zero-order chi connectivity index (χ0) is 10.1. The van der Waals surface area contributed by atoms with Gasteiger partial charge in [0.15, 0.2) is 0 Å². The molecule has 0 amide bonds. The van der Waals surface area contributed by atoms with Crippen LogP contribution in [0.3, 0.4) is 0 Å². The van der Waals surface area contributed by atoms with Crippen LogP contribution in [0.25, 0.3) is 0 Å². The number of hydrogen-bond donors (Lipinski definition) is 1. The average Bonchev–Trinajstić information content (AvgIpc) is 2.05. The first-order valence-corrected chi connectivity index (χ1v) is 5.32. The first kappa shape index (κ1) is 12.7. The molecule has 0 radical (unpaired) electrons. The summed E-state index contributed by atoms with van der Waals surface area (Å²) in [6.45, 7) is 7.03. The van der Waals surface area contributed by atoms with Crippen molar-refractivity contribution >= 4 is 15.9 Å². The summed E-state index contributed by atoms with van der Waals surface area (Å²) in [5.41, 5.74) is 1.17. The second-order valence-electron chi connectivity index (χ2n) is 2.89. The van der Waals surface area contributed by atoms with E-state index < -0.39 is 0 Å². The van der Waals surface area contributed by atoms with E-state index in [4.69, 9.17) is 0 Å². The molecule has 0 fully saturated rings. The van der Waals surface area contributed by atoms with Gasteiger partial charge in [0.05, 0.1) is 0 Å². The summed E-state index contributed by atoms with van der Waals surface area (Å²) < 4.78 is 1.09. The van der Waals surface area contributed by atoms with Crippen molar-refractivity contribution in [1.29, 1.82) is 0 Å². The van der Waals surface area contributed by atoms with Gasteiger partial charge in [-0.3, -0.25) is 0 Å². The number of nitrogens with one attached hydrogen (secondary N) is 1. The lowest BCUT2D eigenvalue weighted by molar-refractivity contribution is 0.727. The fraction of sp³-hybridized carbons (Fsp3) is 0.455. The summed E-state index contributed by atoms with van der Waals surface area (Å²) in [6.07, 6.45) is 8.27. The lowest BCUT2D eigenvalue weighted by Crippen LogP contribution is -2.07. The van der Waals surface area contributed by atoms with Crippen molar-refractivity contribution in [2.75, 3.05) is 13.6 Å². The SMILES string of the molecule is C=C(/C=C(Br)\C=C/C)CCCNC. The van der Waals surface area contributed by atoms with E-state index in [9.17, 15) is 0 Å². The summed E-state index contributed by atoms with van der Waals surface area (Å²) in [5, 5.41) is 3.11. The van der Waals surface area contributed by atoms with Crippen LogP contribution in [-0.4, -0.2) is 13.6 Å². The minimum absolute atomic E-state index is 1.05. The first-order chi connectivity index (χ1) is 6.20. The highest BCUT2D eigenvalue weighted by molar-refractivity contribution is 9.11. The van der Waals surface area contributed by atoms with Crippen LogP contribution in [0.4, 0.5) is 0 Å². The molecule has 0 aliphatic heterocycles. The molecule has 0 aliphatic rings. The van der Waals surface area contributed by atoms with E-state index in [1.807, 2.05) is 26.1 Å². The van der Waals surface area contributed by atoms with Gasteiger partial charge in [0.2, 0.25) is 0 Å². The van der Waals surface area contributed by atoms with Gasteiger partial charge in [-0.2, -0.15) is 0 Å². The van der Waals surface area contributed by atoms with Crippen LogP contribution < -0.4 is 5.32 Å². The van der Waals surface area contributed by atoms with E-state index in [2.05, 4.69) is 33.9 Å². The molecular formula is C11H18BrN. The van der Waals surface area contributed by atoms with Crippen LogP contribution in [0.2, 0.25) is 0 Å². The molecule has 0 aliphatic carbocycles. The van der Waals surface area contributed by atoms with E-state index >= 15 is 0 Å². The molecular weight excluding hydrogens is 226 g/mol. The number of halogens is 1. The van der Waals surface area contributed by atoms with Crippen molar-refractivity contribution in [3.05, 3.63) is 34.9 Å². The molecule has 0 rings (SSSR count). The van der Waals surface area contributed by atoms with Crippen LogP contribution in [-0.2, 0) is 0 Å². The molecule has 13 heavy (non-hydrogen) atoms. The normalized spacial score (nSPS) is 12.4. The molecule has 1 nitrogen and oxygen atoms in total. The van der Waals surface area contributed by atoms with Crippen molar-refractivity contribution in [2.45, 2.75) is 19.8 Å². The van der Waals surface area contributed by atoms with Gasteiger partial charge in [0, 0.05) is 4.48 Å². The molecule has 0 unspecified atom stereocenters. The molecule has 0 heterocycles. The summed E-state index contributed by atoms with van der Waals surface area (Å²) in [5.74, 6) is 0. The maximum absolute atomic E-state index is 3.98. The highest BCUT2D eigenvalue weighted by atomic mass is 79.9. The van der Waals surface area contributed by atoms with Gasteiger partial charge < -0.3 is 5.32 Å². The molecule has 0 saturated heterocycles. The van der Waals surface area contributed by atoms with Crippen molar-refractivity contribution in [3.8, 4) is 0 Å². The molecule has 0 aromatic heterocycles. The first-order valence-electron chi connectivity index (χ1n) is 4.53. The third-order valence-electron chi connectivity index (χ3n) is 1.59. The van der Waals surface area contributed by atoms with E-state index in [0.717, 1.165) is 23.9 Å². The Morgan fingerprint density at radius 3 is 2.77 bits per heavy atom. The van der Waals surface area contributed by atoms with Crippen LogP contribution in [0.15, 0.2) is 34.9 Å². The molecule has 1 N–H and O–H groups in total. The molecule has 0 atom stereocenters. The largest absolute Gasteiger partial charge is 0.320 e. The van der Waals surface area contributed by atoms with E-state index in [1.54, 1.807) is 0 Å². The lowest BCUT2D eigenvalue weighted by Gasteiger charge is -2.00. The lowest BCUT2D eigenvalue weighted by atomic mass is 10.1. The molecule has 0 saturated carbocycles. The second-order valence-corrected chi connectivity index (χ2v) is 3.81. The van der Waals surface area contributed by atoms with Gasteiger partial charge in [-0.25, -0.2) is 0 Å². The van der Waals surface area contributed by atoms with E-state index in [-0.39, 0.29) is 0 Å². The minimum Gasteiger partial charge on any atom is -0.320 e. The van der Waals surface area contributed by atoms with Gasteiger partial charge >= 0.3 is 0 Å². The third-order valence-corrected chi connectivity index (χ3v) is 2.09. The highest BCUT2D eigenvalue weighted by Gasteiger charge is 1.91. The van der Waals surface area contributed by atoms with Crippen molar-refractivity contribution in [3.63, 3.8) is 0 Å². The smallest absolute Gasteiger partial charge is 0.0174 e. The maximum atomic E-state index is 3.98. The Kier molecular flexibility index (Phi) is 8.05. The Balaban J connectivity index is 3.78. The monoisotopic (exact) mass is 243 g/mol. The topological polar surface area (TPSA) is 12.0 Å². The summed E-state index contributed by atoms with van der Waals surface area (Å²) >= 11 is 3.45. The zero-order valence-electron chi connectivity index (χ0n) is 8.44. The maximum Gasteiger partial charge on any atom is 0.0174 e. The second kappa shape index (κ2) is 8.27. The van der Waals surface area contributed by atoms with Gasteiger partial charge in [-0.15, -0.1) is 0 Å².